The Morgan fingerprint density at radius 3 is 2.57 bits per heavy atom. The fourth-order valence-electron chi connectivity index (χ4n) is 2.21. The van der Waals surface area contributed by atoms with E-state index >= 15 is 0 Å². The lowest BCUT2D eigenvalue weighted by atomic mass is 10.2. The van der Waals surface area contributed by atoms with Crippen LogP contribution in [0.2, 0.25) is 0 Å². The van der Waals surface area contributed by atoms with Gasteiger partial charge in [-0.15, -0.1) is 10.2 Å². The SMILES string of the molecule is Cc1nnc(S[C@@H](C)C(=O)NC(=O)NC2CCCC2)n1C. The number of imide groups is 1. The summed E-state index contributed by atoms with van der Waals surface area (Å²) in [6, 6.07) is -0.212. The Kier molecular flexibility index (Phi) is 5.22. The van der Waals surface area contributed by atoms with Crippen LogP contribution in [-0.2, 0) is 11.8 Å². The average Bonchev–Trinajstić information content (AvgIpc) is 3.03. The van der Waals surface area contributed by atoms with Gasteiger partial charge in [-0.05, 0) is 26.7 Å². The zero-order valence-corrected chi connectivity index (χ0v) is 13.4. The second-order valence-corrected chi connectivity index (χ2v) is 6.60. The van der Waals surface area contributed by atoms with E-state index in [2.05, 4.69) is 20.8 Å². The van der Waals surface area contributed by atoms with E-state index in [1.54, 1.807) is 6.92 Å². The van der Waals surface area contributed by atoms with Gasteiger partial charge in [-0.25, -0.2) is 4.79 Å². The summed E-state index contributed by atoms with van der Waals surface area (Å²) in [6.45, 7) is 3.59. The summed E-state index contributed by atoms with van der Waals surface area (Å²) < 4.78 is 1.81. The topological polar surface area (TPSA) is 88.9 Å². The van der Waals surface area contributed by atoms with Crippen molar-refractivity contribution in [2.24, 2.45) is 7.05 Å². The van der Waals surface area contributed by atoms with Crippen molar-refractivity contribution in [3.8, 4) is 0 Å². The molecule has 8 heteroatoms. The van der Waals surface area contributed by atoms with Crippen LogP contribution in [0.3, 0.4) is 0 Å². The Bertz CT molecular complexity index is 525. The van der Waals surface area contributed by atoms with Gasteiger partial charge in [0.2, 0.25) is 5.91 Å². The molecule has 1 heterocycles. The molecule has 116 valence electrons. The van der Waals surface area contributed by atoms with Crippen molar-refractivity contribution in [3.63, 3.8) is 0 Å². The van der Waals surface area contributed by atoms with Crippen molar-refractivity contribution in [3.05, 3.63) is 5.82 Å². The fourth-order valence-corrected chi connectivity index (χ4v) is 3.07. The molecule has 0 radical (unpaired) electrons. The summed E-state index contributed by atoms with van der Waals surface area (Å²) in [4.78, 5) is 23.8. The smallest absolute Gasteiger partial charge is 0.321 e. The molecule has 1 atom stereocenters. The highest BCUT2D eigenvalue weighted by molar-refractivity contribution is 8.00. The van der Waals surface area contributed by atoms with E-state index in [0.29, 0.717) is 5.16 Å². The molecule has 21 heavy (non-hydrogen) atoms. The number of carbonyl (C=O) groups is 2. The van der Waals surface area contributed by atoms with Crippen LogP contribution in [-0.4, -0.2) is 38.0 Å². The molecule has 0 aromatic carbocycles. The van der Waals surface area contributed by atoms with Crippen molar-refractivity contribution < 1.29 is 9.59 Å². The molecule has 7 nitrogen and oxygen atoms in total. The first-order chi connectivity index (χ1) is 9.97. The van der Waals surface area contributed by atoms with E-state index < -0.39 is 11.3 Å². The minimum Gasteiger partial charge on any atom is -0.335 e. The molecule has 0 saturated heterocycles. The molecule has 1 aromatic heterocycles. The van der Waals surface area contributed by atoms with E-state index in [1.165, 1.54) is 11.8 Å². The summed E-state index contributed by atoms with van der Waals surface area (Å²) in [6.07, 6.45) is 4.25. The molecule has 2 N–H and O–H groups in total. The van der Waals surface area contributed by atoms with Crippen molar-refractivity contribution in [2.75, 3.05) is 0 Å². The van der Waals surface area contributed by atoms with Crippen LogP contribution in [0.1, 0.15) is 38.4 Å². The first-order valence-electron chi connectivity index (χ1n) is 7.11. The van der Waals surface area contributed by atoms with Gasteiger partial charge in [0.05, 0.1) is 5.25 Å². The first-order valence-corrected chi connectivity index (χ1v) is 7.99. The molecule has 0 unspecified atom stereocenters. The lowest BCUT2D eigenvalue weighted by Crippen LogP contribution is -2.45. The summed E-state index contributed by atoms with van der Waals surface area (Å²) in [7, 11) is 1.84. The summed E-state index contributed by atoms with van der Waals surface area (Å²) in [5.41, 5.74) is 0. The molecule has 1 aliphatic carbocycles. The average molecular weight is 311 g/mol. The third kappa shape index (κ3) is 4.20. The largest absolute Gasteiger partial charge is 0.335 e. The van der Waals surface area contributed by atoms with Crippen LogP contribution < -0.4 is 10.6 Å². The van der Waals surface area contributed by atoms with Crippen molar-refractivity contribution >= 4 is 23.7 Å². The monoisotopic (exact) mass is 311 g/mol. The van der Waals surface area contributed by atoms with Gasteiger partial charge in [0, 0.05) is 13.1 Å². The maximum absolute atomic E-state index is 12.0. The molecule has 0 bridgehead atoms. The first kappa shape index (κ1) is 15.8. The molecule has 1 aromatic rings. The van der Waals surface area contributed by atoms with Crippen LogP contribution in [0, 0.1) is 6.92 Å². The second-order valence-electron chi connectivity index (χ2n) is 5.29. The number of urea groups is 1. The highest BCUT2D eigenvalue weighted by Gasteiger charge is 2.22. The van der Waals surface area contributed by atoms with Gasteiger partial charge in [-0.3, -0.25) is 10.1 Å². The molecule has 1 saturated carbocycles. The summed E-state index contributed by atoms with van der Waals surface area (Å²) in [5.74, 6) is 0.459. The molecule has 0 aliphatic heterocycles. The number of amides is 3. The van der Waals surface area contributed by atoms with Gasteiger partial charge in [0.15, 0.2) is 5.16 Å². The zero-order valence-electron chi connectivity index (χ0n) is 12.5. The summed E-state index contributed by atoms with van der Waals surface area (Å²) >= 11 is 1.28. The highest BCUT2D eigenvalue weighted by atomic mass is 32.2. The Hall–Kier alpha value is -1.57. The maximum atomic E-state index is 12.0. The number of aromatic nitrogens is 3. The molecule has 1 aliphatic rings. The van der Waals surface area contributed by atoms with E-state index in [0.717, 1.165) is 31.5 Å². The van der Waals surface area contributed by atoms with Crippen LogP contribution in [0.15, 0.2) is 5.16 Å². The van der Waals surface area contributed by atoms with E-state index in [4.69, 9.17) is 0 Å². The molecule has 0 spiro atoms. The minimum atomic E-state index is -0.415. The molecule has 1 fully saturated rings. The lowest BCUT2D eigenvalue weighted by molar-refractivity contribution is -0.119. The predicted molar refractivity (Wildman–Crippen MR) is 80.0 cm³/mol. The third-order valence-electron chi connectivity index (χ3n) is 3.63. The highest BCUT2D eigenvalue weighted by Crippen LogP contribution is 2.21. The van der Waals surface area contributed by atoms with Gasteiger partial charge in [-0.1, -0.05) is 24.6 Å². The predicted octanol–water partition coefficient (Wildman–Crippen LogP) is 1.37. The quantitative estimate of drug-likeness (QED) is 0.820. The number of carbonyl (C=O) groups excluding carboxylic acids is 2. The van der Waals surface area contributed by atoms with E-state index in [1.807, 2.05) is 18.5 Å². The van der Waals surface area contributed by atoms with Crippen LogP contribution in [0.25, 0.3) is 0 Å². The van der Waals surface area contributed by atoms with Crippen LogP contribution in [0.5, 0.6) is 0 Å². The Balaban J connectivity index is 1.81. The number of hydrogen-bond donors (Lipinski definition) is 2. The number of nitrogens with one attached hydrogen (secondary N) is 2. The van der Waals surface area contributed by atoms with E-state index in [9.17, 15) is 9.59 Å². The number of thioether (sulfide) groups is 1. The number of hydrogen-bond acceptors (Lipinski definition) is 5. The molecule has 2 rings (SSSR count). The van der Waals surface area contributed by atoms with Crippen molar-refractivity contribution in [1.29, 1.82) is 0 Å². The van der Waals surface area contributed by atoms with Gasteiger partial charge < -0.3 is 9.88 Å². The van der Waals surface area contributed by atoms with Crippen LogP contribution in [0.4, 0.5) is 4.79 Å². The Morgan fingerprint density at radius 2 is 2.00 bits per heavy atom. The maximum Gasteiger partial charge on any atom is 0.321 e. The zero-order chi connectivity index (χ0) is 15.4. The number of rotatable bonds is 4. The summed E-state index contributed by atoms with van der Waals surface area (Å²) in [5, 5.41) is 13.4. The lowest BCUT2D eigenvalue weighted by Gasteiger charge is -2.14. The third-order valence-corrected chi connectivity index (χ3v) is 4.77. The van der Waals surface area contributed by atoms with Gasteiger partial charge in [0.25, 0.3) is 0 Å². The van der Waals surface area contributed by atoms with Crippen LogP contribution >= 0.6 is 11.8 Å². The van der Waals surface area contributed by atoms with Gasteiger partial charge in [0.1, 0.15) is 5.82 Å². The Labute approximate surface area is 128 Å². The minimum absolute atomic E-state index is 0.196. The second kappa shape index (κ2) is 6.93. The Morgan fingerprint density at radius 1 is 1.33 bits per heavy atom. The molecular formula is C13H21N5O2S. The standard InChI is InChI=1S/C13H21N5O2S/c1-8(21-13-17-16-9(2)18(13)3)11(19)15-12(20)14-10-6-4-5-7-10/h8,10H,4-7H2,1-3H3,(H2,14,15,19,20)/t8-/m0/s1. The number of aryl methyl sites for hydroxylation is 1. The van der Waals surface area contributed by atoms with Gasteiger partial charge in [-0.2, -0.15) is 0 Å². The van der Waals surface area contributed by atoms with Crippen molar-refractivity contribution in [2.45, 2.75) is 56.0 Å². The molecular weight excluding hydrogens is 290 g/mol. The number of nitrogens with zero attached hydrogens (tertiary/aromatic N) is 3. The normalized spacial score (nSPS) is 16.7. The van der Waals surface area contributed by atoms with Gasteiger partial charge >= 0.3 is 6.03 Å². The molecule has 3 amide bonds. The van der Waals surface area contributed by atoms with E-state index in [-0.39, 0.29) is 11.9 Å². The fraction of sp³-hybridized carbons (Fsp3) is 0.692. The van der Waals surface area contributed by atoms with Crippen molar-refractivity contribution in [1.82, 2.24) is 25.4 Å².